The van der Waals surface area contributed by atoms with Gasteiger partial charge in [-0.3, -0.25) is 4.79 Å². The highest BCUT2D eigenvalue weighted by Gasteiger charge is 2.32. The van der Waals surface area contributed by atoms with Gasteiger partial charge in [-0.2, -0.15) is 0 Å². The van der Waals surface area contributed by atoms with Crippen LogP contribution in [0.1, 0.15) is 24.0 Å². The zero-order valence-corrected chi connectivity index (χ0v) is 16.8. The van der Waals surface area contributed by atoms with E-state index >= 15 is 0 Å². The lowest BCUT2D eigenvalue weighted by atomic mass is 9.98. The molecular formula is C20H23ClN2O3S. The number of sulfonamides is 1. The maximum absolute atomic E-state index is 12.7. The topological polar surface area (TPSA) is 66.5 Å². The van der Waals surface area contributed by atoms with E-state index in [-0.39, 0.29) is 24.1 Å². The first-order valence-electron chi connectivity index (χ1n) is 8.94. The van der Waals surface area contributed by atoms with Gasteiger partial charge in [0.1, 0.15) is 0 Å². The number of carbonyl (C=O) groups excluding carboxylic acids is 1. The third-order valence-electron chi connectivity index (χ3n) is 4.78. The van der Waals surface area contributed by atoms with Crippen LogP contribution in [0.15, 0.2) is 48.5 Å². The number of halogens is 1. The number of amides is 1. The molecule has 144 valence electrons. The van der Waals surface area contributed by atoms with Crippen LogP contribution >= 0.6 is 11.6 Å². The predicted octanol–water partition coefficient (Wildman–Crippen LogP) is 3.83. The zero-order valence-electron chi connectivity index (χ0n) is 15.2. The minimum absolute atomic E-state index is 0.0459. The van der Waals surface area contributed by atoms with Gasteiger partial charge in [-0.05, 0) is 43.0 Å². The zero-order chi connectivity index (χ0) is 19.4. The average molecular weight is 407 g/mol. The SMILES string of the molecule is Cc1ccc(NC(=O)C2CCCN(S(=O)(=O)Cc3ccccc3)C2)cc1Cl. The monoisotopic (exact) mass is 406 g/mol. The molecule has 1 fully saturated rings. The number of benzene rings is 2. The molecule has 3 rings (SSSR count). The van der Waals surface area contributed by atoms with Crippen molar-refractivity contribution in [2.24, 2.45) is 5.92 Å². The molecule has 0 aliphatic carbocycles. The molecule has 2 aromatic carbocycles. The summed E-state index contributed by atoms with van der Waals surface area (Å²) < 4.78 is 26.9. The van der Waals surface area contributed by atoms with Crippen molar-refractivity contribution in [3.63, 3.8) is 0 Å². The van der Waals surface area contributed by atoms with Crippen molar-refractivity contribution >= 4 is 33.2 Å². The van der Waals surface area contributed by atoms with Crippen molar-refractivity contribution < 1.29 is 13.2 Å². The Morgan fingerprint density at radius 1 is 1.22 bits per heavy atom. The van der Waals surface area contributed by atoms with Gasteiger partial charge in [0.2, 0.25) is 15.9 Å². The fourth-order valence-electron chi connectivity index (χ4n) is 3.20. The Bertz CT molecular complexity index is 916. The second kappa shape index (κ2) is 8.42. The highest BCUT2D eigenvalue weighted by molar-refractivity contribution is 7.88. The van der Waals surface area contributed by atoms with Crippen LogP contribution in [0.2, 0.25) is 5.02 Å². The van der Waals surface area contributed by atoms with Gasteiger partial charge >= 0.3 is 0 Å². The van der Waals surface area contributed by atoms with Gasteiger partial charge in [0.25, 0.3) is 0 Å². The van der Waals surface area contributed by atoms with E-state index in [1.807, 2.05) is 31.2 Å². The van der Waals surface area contributed by atoms with Gasteiger partial charge in [-0.25, -0.2) is 12.7 Å². The number of piperidine rings is 1. The Morgan fingerprint density at radius 2 is 1.96 bits per heavy atom. The summed E-state index contributed by atoms with van der Waals surface area (Å²) in [7, 11) is -3.46. The molecule has 0 aromatic heterocycles. The molecule has 0 radical (unpaired) electrons. The maximum atomic E-state index is 12.7. The van der Waals surface area contributed by atoms with Gasteiger partial charge < -0.3 is 5.32 Å². The van der Waals surface area contributed by atoms with Crippen molar-refractivity contribution in [1.82, 2.24) is 4.31 Å². The molecule has 1 aliphatic rings. The molecule has 27 heavy (non-hydrogen) atoms. The van der Waals surface area contributed by atoms with E-state index in [0.717, 1.165) is 11.1 Å². The van der Waals surface area contributed by atoms with Gasteiger partial charge in [0, 0.05) is 23.8 Å². The molecule has 1 atom stereocenters. The second-order valence-corrected chi connectivity index (χ2v) is 9.27. The van der Waals surface area contributed by atoms with E-state index in [9.17, 15) is 13.2 Å². The van der Waals surface area contributed by atoms with E-state index in [1.165, 1.54) is 4.31 Å². The molecule has 2 aromatic rings. The van der Waals surface area contributed by atoms with Gasteiger partial charge in [0.05, 0.1) is 11.7 Å². The third kappa shape index (κ3) is 5.09. The molecule has 0 saturated carbocycles. The number of carbonyl (C=O) groups is 1. The van der Waals surface area contributed by atoms with Crippen LogP contribution in [0, 0.1) is 12.8 Å². The van der Waals surface area contributed by atoms with Crippen molar-refractivity contribution in [1.29, 1.82) is 0 Å². The molecule has 1 amide bonds. The lowest BCUT2D eigenvalue weighted by molar-refractivity contribution is -0.120. The smallest absolute Gasteiger partial charge is 0.228 e. The summed E-state index contributed by atoms with van der Waals surface area (Å²) in [6, 6.07) is 14.4. The van der Waals surface area contributed by atoms with Crippen LogP contribution in [-0.4, -0.2) is 31.7 Å². The molecule has 1 aliphatic heterocycles. The summed E-state index contributed by atoms with van der Waals surface area (Å²) in [5, 5.41) is 3.44. The summed E-state index contributed by atoms with van der Waals surface area (Å²) in [6.07, 6.45) is 1.34. The Labute approximate surface area is 165 Å². The number of hydrogen-bond acceptors (Lipinski definition) is 3. The Balaban J connectivity index is 1.66. The molecule has 1 unspecified atom stereocenters. The number of nitrogens with zero attached hydrogens (tertiary/aromatic N) is 1. The van der Waals surface area contributed by atoms with Crippen LogP contribution in [0.3, 0.4) is 0 Å². The van der Waals surface area contributed by atoms with Crippen molar-refractivity contribution in [2.75, 3.05) is 18.4 Å². The maximum Gasteiger partial charge on any atom is 0.228 e. The minimum atomic E-state index is -3.46. The highest BCUT2D eigenvalue weighted by atomic mass is 35.5. The second-order valence-electron chi connectivity index (χ2n) is 6.89. The van der Waals surface area contributed by atoms with E-state index in [4.69, 9.17) is 11.6 Å². The molecule has 1 heterocycles. The number of nitrogens with one attached hydrogen (secondary N) is 1. The molecule has 5 nitrogen and oxygen atoms in total. The first kappa shape index (κ1) is 19.9. The van der Waals surface area contributed by atoms with Crippen molar-refractivity contribution in [3.8, 4) is 0 Å². The molecule has 7 heteroatoms. The standard InChI is InChI=1S/C20H23ClN2O3S/c1-15-9-10-18(12-19(15)21)22-20(24)17-8-5-11-23(13-17)27(25,26)14-16-6-3-2-4-7-16/h2-4,6-7,9-10,12,17H,5,8,11,13-14H2,1H3,(H,22,24). The largest absolute Gasteiger partial charge is 0.326 e. The third-order valence-corrected chi connectivity index (χ3v) is 7.00. The fraction of sp³-hybridized carbons (Fsp3) is 0.350. The van der Waals surface area contributed by atoms with Crippen molar-refractivity contribution in [2.45, 2.75) is 25.5 Å². The van der Waals surface area contributed by atoms with Crippen LogP contribution in [0.4, 0.5) is 5.69 Å². The van der Waals surface area contributed by atoms with E-state index in [1.54, 1.807) is 24.3 Å². The minimum Gasteiger partial charge on any atom is -0.326 e. The van der Waals surface area contributed by atoms with Crippen LogP contribution in [0.5, 0.6) is 0 Å². The van der Waals surface area contributed by atoms with Crippen LogP contribution in [-0.2, 0) is 20.6 Å². The molecular weight excluding hydrogens is 384 g/mol. The summed E-state index contributed by atoms with van der Waals surface area (Å²) >= 11 is 6.10. The number of anilines is 1. The molecule has 1 saturated heterocycles. The predicted molar refractivity (Wildman–Crippen MR) is 108 cm³/mol. The Kier molecular flexibility index (Phi) is 6.19. The summed E-state index contributed by atoms with van der Waals surface area (Å²) in [4.78, 5) is 12.6. The number of aryl methyl sites for hydroxylation is 1. The molecule has 1 N–H and O–H groups in total. The summed E-state index contributed by atoms with van der Waals surface area (Å²) in [5.74, 6) is -0.589. The van der Waals surface area contributed by atoms with Crippen LogP contribution < -0.4 is 5.32 Å². The molecule has 0 bridgehead atoms. The lowest BCUT2D eigenvalue weighted by Crippen LogP contribution is -2.44. The fourth-order valence-corrected chi connectivity index (χ4v) is 4.99. The Morgan fingerprint density at radius 3 is 2.67 bits per heavy atom. The lowest BCUT2D eigenvalue weighted by Gasteiger charge is -2.31. The number of hydrogen-bond donors (Lipinski definition) is 1. The van der Waals surface area contributed by atoms with Gasteiger partial charge in [-0.15, -0.1) is 0 Å². The van der Waals surface area contributed by atoms with E-state index < -0.39 is 10.0 Å². The van der Waals surface area contributed by atoms with E-state index in [0.29, 0.717) is 30.1 Å². The summed E-state index contributed by atoms with van der Waals surface area (Å²) in [5.41, 5.74) is 2.31. The van der Waals surface area contributed by atoms with Crippen molar-refractivity contribution in [3.05, 3.63) is 64.7 Å². The normalized spacial score (nSPS) is 18.2. The molecule has 0 spiro atoms. The van der Waals surface area contributed by atoms with Gasteiger partial charge in [-0.1, -0.05) is 48.0 Å². The number of rotatable bonds is 5. The van der Waals surface area contributed by atoms with Gasteiger partial charge in [0.15, 0.2) is 0 Å². The summed E-state index contributed by atoms with van der Waals surface area (Å²) in [6.45, 7) is 2.56. The average Bonchev–Trinajstić information content (AvgIpc) is 2.65. The quantitative estimate of drug-likeness (QED) is 0.820. The van der Waals surface area contributed by atoms with Crippen LogP contribution in [0.25, 0.3) is 0 Å². The first-order valence-corrected chi connectivity index (χ1v) is 10.9. The highest BCUT2D eigenvalue weighted by Crippen LogP contribution is 2.24. The Hall–Kier alpha value is -1.89. The van der Waals surface area contributed by atoms with E-state index in [2.05, 4.69) is 5.32 Å². The first-order chi connectivity index (χ1) is 12.8.